The summed E-state index contributed by atoms with van der Waals surface area (Å²) in [5.74, 6) is 0. The number of hydrogen-bond donors (Lipinski definition) is 0. The molecule has 0 amide bonds. The van der Waals surface area contributed by atoms with E-state index >= 15 is 0 Å². The lowest BCUT2D eigenvalue weighted by molar-refractivity contribution is 1.65. The quantitative estimate of drug-likeness (QED) is 0.178. The van der Waals surface area contributed by atoms with Crippen LogP contribution in [0.3, 0.4) is 0 Å². The van der Waals surface area contributed by atoms with Gasteiger partial charge in [-0.25, -0.2) is 0 Å². The van der Waals surface area contributed by atoms with Crippen molar-refractivity contribution in [2.24, 2.45) is 0 Å². The van der Waals surface area contributed by atoms with E-state index in [4.69, 9.17) is 0 Å². The van der Waals surface area contributed by atoms with E-state index in [1.165, 1.54) is 121 Å². The van der Waals surface area contributed by atoms with Crippen LogP contribution in [-0.2, 0) is 0 Å². The smallest absolute Gasteiger partial charge is 0.00201 e. The number of rotatable bonds is 3. The van der Waals surface area contributed by atoms with Crippen molar-refractivity contribution < 1.29 is 0 Å². The molecule has 0 fully saturated rings. The van der Waals surface area contributed by atoms with Gasteiger partial charge in [0.2, 0.25) is 0 Å². The van der Waals surface area contributed by atoms with Gasteiger partial charge in [0.15, 0.2) is 0 Å². The molecule has 52 heavy (non-hydrogen) atoms. The lowest BCUT2D eigenvalue weighted by atomic mass is 9.91. The molecule has 0 atom stereocenters. The van der Waals surface area contributed by atoms with E-state index < -0.39 is 0 Å². The fourth-order valence-corrected chi connectivity index (χ4v) is 9.31. The normalized spacial score (nSPS) is 12.2. The number of fused-ring (bicyclic) bond motifs is 8. The Morgan fingerprint density at radius 2 is 0.519 bits per heavy atom. The highest BCUT2D eigenvalue weighted by atomic mass is 14.3. The van der Waals surface area contributed by atoms with Crippen molar-refractivity contribution in [3.63, 3.8) is 0 Å². The van der Waals surface area contributed by atoms with Crippen molar-refractivity contribution in [1.82, 2.24) is 0 Å². The molecule has 0 aliphatic heterocycles. The molecule has 0 saturated heterocycles. The zero-order chi connectivity index (χ0) is 33.9. The third-order valence-corrected chi connectivity index (χ3v) is 11.7. The zero-order valence-electron chi connectivity index (χ0n) is 28.3. The molecule has 10 aromatic rings. The molecule has 0 heteroatoms. The van der Waals surface area contributed by atoms with Crippen LogP contribution in [0.5, 0.6) is 0 Å². The van der Waals surface area contributed by atoms with Gasteiger partial charge >= 0.3 is 0 Å². The Labute approximate surface area is 301 Å². The van der Waals surface area contributed by atoms with Crippen molar-refractivity contribution in [3.05, 3.63) is 182 Å². The fraction of sp³-hybridized carbons (Fsp3) is 0. The predicted molar refractivity (Wildman–Crippen MR) is 222 cm³/mol. The molecule has 0 saturated carbocycles. The molecule has 0 unspecified atom stereocenters. The van der Waals surface area contributed by atoms with Crippen LogP contribution in [0, 0.1) is 0 Å². The summed E-state index contributed by atoms with van der Waals surface area (Å²) in [6.45, 7) is 0. The molecule has 0 nitrogen and oxygen atoms in total. The van der Waals surface area contributed by atoms with E-state index in [0.717, 1.165) is 0 Å². The highest BCUT2D eigenvalue weighted by Crippen LogP contribution is 2.51. The van der Waals surface area contributed by atoms with Crippen molar-refractivity contribution in [1.29, 1.82) is 0 Å². The van der Waals surface area contributed by atoms with Crippen LogP contribution in [0.4, 0.5) is 0 Å². The van der Waals surface area contributed by atoms with Gasteiger partial charge in [-0.15, -0.1) is 0 Å². The molecule has 238 valence electrons. The average Bonchev–Trinajstić information content (AvgIpc) is 3.72. The largest absolute Gasteiger partial charge is 0.0616 e. The molecule has 0 radical (unpaired) electrons. The standard InChI is InChI=1S/C52H30/c1-3-9-43-41(7-1)47-13-5-11-45-39(23-25-49(43)51(45)47)35-21-17-31-15-19-33(27-37(31)29-35)34-20-16-32-18-22-36(30-38(32)28-34)40-24-26-50-44-10-4-2-8-42(44)48-14-6-12-46(40)52(48)50/h1-30H. The number of benzene rings is 10. The lowest BCUT2D eigenvalue weighted by Crippen LogP contribution is -1.86. The van der Waals surface area contributed by atoms with Gasteiger partial charge in [0.1, 0.15) is 0 Å². The van der Waals surface area contributed by atoms with E-state index in [-0.39, 0.29) is 0 Å². The second-order valence-corrected chi connectivity index (χ2v) is 14.4. The van der Waals surface area contributed by atoms with E-state index in [1.54, 1.807) is 0 Å². The number of hydrogen-bond acceptors (Lipinski definition) is 0. The molecule has 2 aliphatic carbocycles. The third kappa shape index (κ3) is 3.87. The molecule has 0 N–H and O–H groups in total. The Hall–Kier alpha value is -6.76. The maximum atomic E-state index is 2.37. The summed E-state index contributed by atoms with van der Waals surface area (Å²) in [7, 11) is 0. The maximum Gasteiger partial charge on any atom is -0.00201 e. The maximum absolute atomic E-state index is 2.37. The summed E-state index contributed by atoms with van der Waals surface area (Å²) in [5, 5.41) is 10.4. The van der Waals surface area contributed by atoms with E-state index in [1.807, 2.05) is 0 Å². The molecule has 10 aromatic carbocycles. The highest BCUT2D eigenvalue weighted by molar-refractivity contribution is 6.20. The summed E-state index contributed by atoms with van der Waals surface area (Å²) in [6, 6.07) is 68.1. The summed E-state index contributed by atoms with van der Waals surface area (Å²) in [6.07, 6.45) is 0. The van der Waals surface area contributed by atoms with Crippen LogP contribution in [0.1, 0.15) is 0 Å². The Morgan fingerprint density at radius 1 is 0.192 bits per heavy atom. The van der Waals surface area contributed by atoms with E-state index in [9.17, 15) is 0 Å². The van der Waals surface area contributed by atoms with Crippen LogP contribution < -0.4 is 0 Å². The van der Waals surface area contributed by atoms with Gasteiger partial charge < -0.3 is 0 Å². The van der Waals surface area contributed by atoms with Crippen LogP contribution in [0.2, 0.25) is 0 Å². The van der Waals surface area contributed by atoms with Crippen molar-refractivity contribution in [2.45, 2.75) is 0 Å². The Morgan fingerprint density at radius 3 is 0.942 bits per heavy atom. The second kappa shape index (κ2) is 10.4. The molecular formula is C52H30. The van der Waals surface area contributed by atoms with Gasteiger partial charge in [-0.2, -0.15) is 0 Å². The summed E-state index contributed by atoms with van der Waals surface area (Å²) >= 11 is 0. The average molecular weight is 655 g/mol. The third-order valence-electron chi connectivity index (χ3n) is 11.7. The van der Waals surface area contributed by atoms with E-state index in [2.05, 4.69) is 182 Å². The van der Waals surface area contributed by atoms with Gasteiger partial charge in [-0.3, -0.25) is 0 Å². The van der Waals surface area contributed by atoms with Gasteiger partial charge in [0.25, 0.3) is 0 Å². The summed E-state index contributed by atoms with van der Waals surface area (Å²) in [5.41, 5.74) is 18.2. The Kier molecular flexibility index (Phi) is 5.59. The molecule has 0 heterocycles. The van der Waals surface area contributed by atoms with Crippen LogP contribution in [0.25, 0.3) is 121 Å². The molecular weight excluding hydrogens is 625 g/mol. The highest BCUT2D eigenvalue weighted by Gasteiger charge is 2.23. The van der Waals surface area contributed by atoms with Gasteiger partial charge in [-0.05, 0) is 145 Å². The van der Waals surface area contributed by atoms with Crippen molar-refractivity contribution in [3.8, 4) is 77.9 Å². The molecule has 0 bridgehead atoms. The predicted octanol–water partition coefficient (Wildman–Crippen LogP) is 14.6. The first-order chi connectivity index (χ1) is 25.8. The second-order valence-electron chi connectivity index (χ2n) is 14.4. The van der Waals surface area contributed by atoms with Gasteiger partial charge in [-0.1, -0.05) is 158 Å². The Bertz CT molecular complexity index is 2900. The Balaban J connectivity index is 0.948. The minimum absolute atomic E-state index is 1.23. The summed E-state index contributed by atoms with van der Waals surface area (Å²) < 4.78 is 0. The molecule has 12 rings (SSSR count). The first kappa shape index (κ1) is 28.0. The summed E-state index contributed by atoms with van der Waals surface area (Å²) in [4.78, 5) is 0. The first-order valence-electron chi connectivity index (χ1n) is 18.2. The van der Waals surface area contributed by atoms with Gasteiger partial charge in [0.05, 0.1) is 0 Å². The fourth-order valence-electron chi connectivity index (χ4n) is 9.31. The minimum atomic E-state index is 1.23. The molecule has 0 aromatic heterocycles. The molecule has 0 spiro atoms. The van der Waals surface area contributed by atoms with Crippen molar-refractivity contribution in [2.75, 3.05) is 0 Å². The van der Waals surface area contributed by atoms with Crippen LogP contribution in [0.15, 0.2) is 182 Å². The SMILES string of the molecule is c1ccc2c(c1)-c1cccc3c(-c4ccc5ccc(-c6ccc7ccc(-c8ccc9c%10c(cccc8%10)-c8ccccc8-9)cc7c6)cc5c4)ccc-2c13. The van der Waals surface area contributed by atoms with Crippen LogP contribution in [-0.4, -0.2) is 0 Å². The monoisotopic (exact) mass is 654 g/mol. The lowest BCUT2D eigenvalue weighted by Gasteiger charge is -2.12. The van der Waals surface area contributed by atoms with E-state index in [0.29, 0.717) is 0 Å². The minimum Gasteiger partial charge on any atom is -0.0616 e. The van der Waals surface area contributed by atoms with Crippen LogP contribution >= 0.6 is 0 Å². The first-order valence-corrected chi connectivity index (χ1v) is 18.2. The zero-order valence-corrected chi connectivity index (χ0v) is 28.3. The topological polar surface area (TPSA) is 0 Å². The molecule has 2 aliphatic rings. The van der Waals surface area contributed by atoms with Crippen molar-refractivity contribution >= 4 is 43.1 Å². The van der Waals surface area contributed by atoms with Gasteiger partial charge in [0, 0.05) is 0 Å².